The van der Waals surface area contributed by atoms with Gasteiger partial charge < -0.3 is 10.0 Å². The molecule has 0 fully saturated rings. The van der Waals surface area contributed by atoms with Gasteiger partial charge in [-0.3, -0.25) is 4.79 Å². The summed E-state index contributed by atoms with van der Waals surface area (Å²) < 4.78 is 27.9. The maximum atomic E-state index is 14.2. The molecule has 3 nitrogen and oxygen atoms in total. The molecule has 1 heterocycles. The molecule has 2 atom stereocenters. The van der Waals surface area contributed by atoms with Crippen LogP contribution in [-0.2, 0) is 4.79 Å². The molecule has 2 aromatic carbocycles. The van der Waals surface area contributed by atoms with Gasteiger partial charge in [-0.1, -0.05) is 56.2 Å². The monoisotopic (exact) mass is 371 g/mol. The largest absolute Gasteiger partial charge is 0.383 e. The number of aliphatic hydroxyl groups is 1. The maximum absolute atomic E-state index is 14.2. The molecule has 0 radical (unpaired) electrons. The van der Waals surface area contributed by atoms with Crippen LogP contribution in [0.25, 0.3) is 5.57 Å². The normalized spacial score (nSPS) is 17.7. The third-order valence-corrected chi connectivity index (χ3v) is 4.85. The predicted molar refractivity (Wildman–Crippen MR) is 101 cm³/mol. The molecule has 5 heteroatoms. The molecule has 0 saturated carbocycles. The van der Waals surface area contributed by atoms with Crippen molar-refractivity contribution in [3.63, 3.8) is 0 Å². The quantitative estimate of drug-likeness (QED) is 0.813. The van der Waals surface area contributed by atoms with Crippen molar-refractivity contribution in [1.29, 1.82) is 0 Å². The Labute approximate surface area is 157 Å². The molecule has 1 aliphatic rings. The SMILES string of the molecule is CCCCC(O)C(=O)N1CC(c2cc(F)ccc2F)=C[C@H]1c1ccccc1. The minimum atomic E-state index is -1.10. The minimum absolute atomic E-state index is 0.127. The molecule has 0 aromatic heterocycles. The van der Waals surface area contributed by atoms with Gasteiger partial charge in [0.25, 0.3) is 5.91 Å². The molecule has 0 spiro atoms. The maximum Gasteiger partial charge on any atom is 0.252 e. The number of rotatable bonds is 6. The van der Waals surface area contributed by atoms with Crippen LogP contribution < -0.4 is 0 Å². The Kier molecular flexibility index (Phi) is 6.01. The van der Waals surface area contributed by atoms with Gasteiger partial charge in [0, 0.05) is 12.1 Å². The third kappa shape index (κ3) is 4.25. The van der Waals surface area contributed by atoms with E-state index in [9.17, 15) is 18.7 Å². The molecule has 3 rings (SSSR count). The van der Waals surface area contributed by atoms with E-state index in [1.165, 1.54) is 4.90 Å². The summed E-state index contributed by atoms with van der Waals surface area (Å²) >= 11 is 0. The van der Waals surface area contributed by atoms with E-state index in [1.807, 2.05) is 37.3 Å². The Morgan fingerprint density at radius 2 is 1.96 bits per heavy atom. The van der Waals surface area contributed by atoms with Crippen LogP contribution in [0.1, 0.15) is 43.4 Å². The second-order valence-corrected chi connectivity index (χ2v) is 6.80. The lowest BCUT2D eigenvalue weighted by Gasteiger charge is -2.27. The first-order valence-corrected chi connectivity index (χ1v) is 9.21. The summed E-state index contributed by atoms with van der Waals surface area (Å²) in [5.74, 6) is -1.45. The summed E-state index contributed by atoms with van der Waals surface area (Å²) in [5.41, 5.74) is 1.55. The van der Waals surface area contributed by atoms with Crippen molar-refractivity contribution in [2.24, 2.45) is 0 Å². The van der Waals surface area contributed by atoms with E-state index >= 15 is 0 Å². The Morgan fingerprint density at radius 3 is 2.67 bits per heavy atom. The number of nitrogens with zero attached hydrogens (tertiary/aromatic N) is 1. The van der Waals surface area contributed by atoms with Crippen LogP contribution >= 0.6 is 0 Å². The fraction of sp³-hybridized carbons (Fsp3) is 0.318. The average molecular weight is 371 g/mol. The highest BCUT2D eigenvalue weighted by Crippen LogP contribution is 2.36. The first kappa shape index (κ1) is 19.2. The highest BCUT2D eigenvalue weighted by atomic mass is 19.1. The lowest BCUT2D eigenvalue weighted by atomic mass is 10.0. The van der Waals surface area contributed by atoms with Crippen LogP contribution in [0.3, 0.4) is 0 Å². The van der Waals surface area contributed by atoms with E-state index < -0.39 is 23.8 Å². The highest BCUT2D eigenvalue weighted by molar-refractivity contribution is 5.86. The summed E-state index contributed by atoms with van der Waals surface area (Å²) in [6.45, 7) is 2.12. The van der Waals surface area contributed by atoms with Gasteiger partial charge in [0.2, 0.25) is 0 Å². The minimum Gasteiger partial charge on any atom is -0.383 e. The highest BCUT2D eigenvalue weighted by Gasteiger charge is 2.34. The second-order valence-electron chi connectivity index (χ2n) is 6.80. The van der Waals surface area contributed by atoms with Crippen molar-refractivity contribution in [1.82, 2.24) is 4.90 Å². The van der Waals surface area contributed by atoms with Crippen molar-refractivity contribution >= 4 is 11.5 Å². The Bertz CT molecular complexity index is 835. The molecule has 142 valence electrons. The first-order valence-electron chi connectivity index (χ1n) is 9.21. The van der Waals surface area contributed by atoms with Crippen LogP contribution in [0.5, 0.6) is 0 Å². The van der Waals surface area contributed by atoms with Crippen LogP contribution in [0, 0.1) is 11.6 Å². The number of amides is 1. The van der Waals surface area contributed by atoms with Gasteiger partial charge >= 0.3 is 0 Å². The van der Waals surface area contributed by atoms with E-state index in [4.69, 9.17) is 0 Å². The summed E-state index contributed by atoms with van der Waals surface area (Å²) in [5, 5.41) is 10.3. The van der Waals surface area contributed by atoms with Gasteiger partial charge in [-0.05, 0) is 35.8 Å². The number of hydrogen-bond donors (Lipinski definition) is 1. The number of halogens is 2. The third-order valence-electron chi connectivity index (χ3n) is 4.85. The number of benzene rings is 2. The average Bonchev–Trinajstić information content (AvgIpc) is 3.13. The van der Waals surface area contributed by atoms with Gasteiger partial charge in [0.1, 0.15) is 17.7 Å². The van der Waals surface area contributed by atoms with E-state index in [0.717, 1.165) is 36.6 Å². The molecular weight excluding hydrogens is 348 g/mol. The Balaban J connectivity index is 1.94. The number of carbonyl (C=O) groups is 1. The topological polar surface area (TPSA) is 40.5 Å². The lowest BCUT2D eigenvalue weighted by Crippen LogP contribution is -2.39. The van der Waals surface area contributed by atoms with Crippen molar-refractivity contribution in [2.75, 3.05) is 6.54 Å². The fourth-order valence-corrected chi connectivity index (χ4v) is 3.39. The fourth-order valence-electron chi connectivity index (χ4n) is 3.39. The smallest absolute Gasteiger partial charge is 0.252 e. The summed E-state index contributed by atoms with van der Waals surface area (Å²) in [7, 11) is 0. The number of unbranched alkanes of at least 4 members (excludes halogenated alkanes) is 1. The number of hydrogen-bond acceptors (Lipinski definition) is 2. The molecule has 0 saturated heterocycles. The zero-order valence-electron chi connectivity index (χ0n) is 15.2. The molecular formula is C22H23F2NO2. The Hall–Kier alpha value is -2.53. The standard InChI is InChI=1S/C22H23F2NO2/c1-2-3-9-21(26)22(27)25-14-16(18-13-17(23)10-11-19(18)24)12-20(25)15-7-5-4-6-8-15/h4-8,10-13,20-21,26H,2-3,9,14H2,1H3/t20-,21?/m0/s1. The van der Waals surface area contributed by atoms with E-state index in [0.29, 0.717) is 12.0 Å². The van der Waals surface area contributed by atoms with Gasteiger partial charge in [-0.15, -0.1) is 0 Å². The van der Waals surface area contributed by atoms with Crippen LogP contribution in [-0.4, -0.2) is 28.6 Å². The van der Waals surface area contributed by atoms with Gasteiger partial charge in [-0.25, -0.2) is 8.78 Å². The summed E-state index contributed by atoms with van der Waals surface area (Å²) in [4.78, 5) is 14.4. The van der Waals surface area contributed by atoms with Crippen molar-refractivity contribution in [3.8, 4) is 0 Å². The molecule has 1 amide bonds. The van der Waals surface area contributed by atoms with Crippen LogP contribution in [0.15, 0.2) is 54.6 Å². The molecule has 2 aromatic rings. The molecule has 1 N–H and O–H groups in total. The Morgan fingerprint density at radius 1 is 1.22 bits per heavy atom. The zero-order chi connectivity index (χ0) is 19.4. The number of carbonyl (C=O) groups excluding carboxylic acids is 1. The zero-order valence-corrected chi connectivity index (χ0v) is 15.2. The second kappa shape index (κ2) is 8.44. The number of aliphatic hydroxyl groups excluding tert-OH is 1. The van der Waals surface area contributed by atoms with Crippen molar-refractivity contribution in [2.45, 2.75) is 38.3 Å². The van der Waals surface area contributed by atoms with Gasteiger partial charge in [0.05, 0.1) is 6.04 Å². The molecule has 0 bridgehead atoms. The molecule has 1 aliphatic heterocycles. The first-order chi connectivity index (χ1) is 13.0. The summed E-state index contributed by atoms with van der Waals surface area (Å²) in [6, 6.07) is 12.2. The molecule has 0 aliphatic carbocycles. The predicted octanol–water partition coefficient (Wildman–Crippen LogP) is 4.48. The van der Waals surface area contributed by atoms with E-state index in [-0.39, 0.29) is 18.0 Å². The van der Waals surface area contributed by atoms with Gasteiger partial charge in [-0.2, -0.15) is 0 Å². The van der Waals surface area contributed by atoms with E-state index in [1.54, 1.807) is 6.08 Å². The summed E-state index contributed by atoms with van der Waals surface area (Å²) in [6.07, 6.45) is 2.69. The van der Waals surface area contributed by atoms with Crippen molar-refractivity contribution in [3.05, 3.63) is 77.4 Å². The lowest BCUT2D eigenvalue weighted by molar-refractivity contribution is -0.141. The van der Waals surface area contributed by atoms with E-state index in [2.05, 4.69) is 0 Å². The molecule has 27 heavy (non-hydrogen) atoms. The molecule has 1 unspecified atom stereocenters. The van der Waals surface area contributed by atoms with Gasteiger partial charge in [0.15, 0.2) is 0 Å². The van der Waals surface area contributed by atoms with Crippen LogP contribution in [0.2, 0.25) is 0 Å². The van der Waals surface area contributed by atoms with Crippen LogP contribution in [0.4, 0.5) is 8.78 Å². The van der Waals surface area contributed by atoms with Crippen molar-refractivity contribution < 1.29 is 18.7 Å².